The maximum Gasteiger partial charge on any atom is 0.235 e. The third-order valence-corrected chi connectivity index (χ3v) is 9.67. The Morgan fingerprint density at radius 3 is 1.92 bits per heavy atom. The predicted octanol–water partition coefficient (Wildman–Crippen LogP) is 3.61. The second-order valence-corrected chi connectivity index (χ2v) is 9.78. The zero-order valence-corrected chi connectivity index (χ0v) is 16.5. The van der Waals surface area contributed by atoms with Gasteiger partial charge in [-0.3, -0.25) is 14.5 Å². The van der Waals surface area contributed by atoms with E-state index in [-0.39, 0.29) is 22.7 Å². The molecule has 0 spiro atoms. The minimum atomic E-state index is -1.88. The van der Waals surface area contributed by atoms with Crippen LogP contribution in [0.2, 0.25) is 0 Å². The molecule has 1 saturated carbocycles. The Morgan fingerprint density at radius 2 is 1.50 bits per heavy atom. The molecule has 24 heavy (non-hydrogen) atoms. The molecule has 0 aromatic carbocycles. The van der Waals surface area contributed by atoms with Crippen LogP contribution in [0, 0.1) is 11.8 Å². The van der Waals surface area contributed by atoms with Gasteiger partial charge in [-0.15, -0.1) is 23.2 Å². The van der Waals surface area contributed by atoms with Crippen molar-refractivity contribution in [2.45, 2.75) is 33.0 Å². The molecule has 2 aliphatic heterocycles. The highest BCUT2D eigenvalue weighted by atomic mass is 35.5. The van der Waals surface area contributed by atoms with Crippen LogP contribution in [0.1, 0.15) is 12.8 Å². The van der Waals surface area contributed by atoms with Crippen LogP contribution in [-0.4, -0.2) is 50.1 Å². The van der Waals surface area contributed by atoms with Crippen LogP contribution >= 0.6 is 69.6 Å². The molecule has 4 rings (SSSR count). The van der Waals surface area contributed by atoms with Gasteiger partial charge < -0.3 is 4.74 Å². The van der Waals surface area contributed by atoms with Gasteiger partial charge in [-0.05, 0) is 12.8 Å². The molecule has 10 heteroatoms. The van der Waals surface area contributed by atoms with Crippen LogP contribution in [0.15, 0.2) is 10.1 Å². The normalized spacial score (nSPS) is 46.4. The minimum Gasteiger partial charge on any atom is -0.376 e. The standard InChI is InChI=1S/C14H11Cl6NO3/c15-8-9(16)13(18)7-6(12(8,17)14(13,19)20)10(22)21(11(7)23)4-5-2-1-3-24-5/h5-7H,1-4H2/t5-,6-,7+,12+,13+/m0/s1. The van der Waals surface area contributed by atoms with E-state index in [0.717, 1.165) is 17.7 Å². The van der Waals surface area contributed by atoms with Crippen molar-refractivity contribution >= 4 is 81.4 Å². The summed E-state index contributed by atoms with van der Waals surface area (Å²) in [7, 11) is 0. The number of likely N-dealkylation sites (tertiary alicyclic amines) is 1. The van der Waals surface area contributed by atoms with Crippen LogP contribution in [0.5, 0.6) is 0 Å². The van der Waals surface area contributed by atoms with Crippen LogP contribution in [0.4, 0.5) is 0 Å². The summed E-state index contributed by atoms with van der Waals surface area (Å²) in [5, 5.41) is -0.153. The highest BCUT2D eigenvalue weighted by Gasteiger charge is 2.87. The van der Waals surface area contributed by atoms with Gasteiger partial charge in [-0.25, -0.2) is 0 Å². The maximum absolute atomic E-state index is 12.9. The first kappa shape index (κ1) is 18.0. The van der Waals surface area contributed by atoms with Crippen LogP contribution < -0.4 is 0 Å². The van der Waals surface area contributed by atoms with Crippen molar-refractivity contribution in [3.8, 4) is 0 Å². The Kier molecular flexibility index (Phi) is 3.98. The number of rotatable bonds is 2. The van der Waals surface area contributed by atoms with Crippen LogP contribution in [-0.2, 0) is 14.3 Å². The van der Waals surface area contributed by atoms with E-state index in [9.17, 15) is 9.59 Å². The number of amides is 2. The molecule has 3 fully saturated rings. The topological polar surface area (TPSA) is 46.6 Å². The number of ether oxygens (including phenoxy) is 1. The summed E-state index contributed by atoms with van der Waals surface area (Å²) in [5.41, 5.74) is 0. The van der Waals surface area contributed by atoms with E-state index in [1.54, 1.807) is 0 Å². The lowest BCUT2D eigenvalue weighted by Gasteiger charge is -2.34. The van der Waals surface area contributed by atoms with E-state index >= 15 is 0 Å². The molecule has 2 heterocycles. The maximum atomic E-state index is 12.9. The first-order valence-electron chi connectivity index (χ1n) is 7.38. The Labute approximate surface area is 168 Å². The SMILES string of the molecule is O=C1[C@@H]2[C@H](C(=O)N1C[C@@H]1CCCO1)[C@@]1(Cl)C(Cl)=C(Cl)[C@@]2(Cl)C1(Cl)Cl. The molecule has 2 bridgehead atoms. The molecule has 0 N–H and O–H groups in total. The summed E-state index contributed by atoms with van der Waals surface area (Å²) in [6.45, 7) is 0.760. The van der Waals surface area contributed by atoms with Gasteiger partial charge in [0.15, 0.2) is 4.33 Å². The van der Waals surface area contributed by atoms with Crippen molar-refractivity contribution in [3.05, 3.63) is 10.1 Å². The van der Waals surface area contributed by atoms with Gasteiger partial charge in [0.25, 0.3) is 0 Å². The molecule has 5 atom stereocenters. The summed E-state index contributed by atoms with van der Waals surface area (Å²) in [5.74, 6) is -3.11. The zero-order valence-electron chi connectivity index (χ0n) is 12.0. The van der Waals surface area contributed by atoms with Gasteiger partial charge in [0.2, 0.25) is 11.8 Å². The number of carbonyl (C=O) groups excluding carboxylic acids is 2. The summed E-state index contributed by atoms with van der Waals surface area (Å²) in [6.07, 6.45) is 1.47. The molecule has 4 aliphatic rings. The molecule has 4 nitrogen and oxygen atoms in total. The lowest BCUT2D eigenvalue weighted by molar-refractivity contribution is -0.142. The molecule has 2 amide bonds. The number of carbonyl (C=O) groups is 2. The monoisotopic (exact) mass is 451 g/mol. The second-order valence-electron chi connectivity index (χ2n) is 6.50. The average Bonchev–Trinajstić information content (AvgIpc) is 3.17. The van der Waals surface area contributed by atoms with Gasteiger partial charge in [0.1, 0.15) is 9.75 Å². The van der Waals surface area contributed by atoms with Gasteiger partial charge in [-0.1, -0.05) is 46.4 Å². The summed E-state index contributed by atoms with van der Waals surface area (Å²) in [6, 6.07) is 0. The van der Waals surface area contributed by atoms with Gasteiger partial charge in [-0.2, -0.15) is 0 Å². The van der Waals surface area contributed by atoms with Crippen LogP contribution in [0.3, 0.4) is 0 Å². The highest BCUT2D eigenvalue weighted by molar-refractivity contribution is 6.66. The molecular formula is C14H11Cl6NO3. The van der Waals surface area contributed by atoms with E-state index < -0.39 is 37.7 Å². The number of allylic oxidation sites excluding steroid dienone is 2. The molecule has 0 aromatic heterocycles. The van der Waals surface area contributed by atoms with E-state index in [0.29, 0.717) is 6.61 Å². The number of imide groups is 1. The van der Waals surface area contributed by atoms with Crippen molar-refractivity contribution in [1.29, 1.82) is 0 Å². The number of fused-ring (bicyclic) bond motifs is 5. The fourth-order valence-corrected chi connectivity index (χ4v) is 7.15. The molecule has 0 aromatic rings. The lowest BCUT2D eigenvalue weighted by Crippen LogP contribution is -2.50. The third-order valence-electron chi connectivity index (χ3n) is 5.41. The Morgan fingerprint density at radius 1 is 1.00 bits per heavy atom. The number of alkyl halides is 4. The first-order chi connectivity index (χ1) is 11.1. The number of nitrogens with zero attached hydrogens (tertiary/aromatic N) is 1. The summed E-state index contributed by atoms with van der Waals surface area (Å²) in [4.78, 5) is 23.5. The molecule has 132 valence electrons. The fourth-order valence-electron chi connectivity index (χ4n) is 4.22. The second kappa shape index (κ2) is 5.31. The Balaban J connectivity index is 1.78. The Bertz CT molecular complexity index is 644. The predicted molar refractivity (Wildman–Crippen MR) is 93.0 cm³/mol. The van der Waals surface area contributed by atoms with Gasteiger partial charge in [0, 0.05) is 6.61 Å². The van der Waals surface area contributed by atoms with E-state index in [4.69, 9.17) is 74.3 Å². The quantitative estimate of drug-likeness (QED) is 0.474. The third kappa shape index (κ3) is 1.75. The van der Waals surface area contributed by atoms with Crippen molar-refractivity contribution in [2.24, 2.45) is 11.8 Å². The van der Waals surface area contributed by atoms with Crippen molar-refractivity contribution in [3.63, 3.8) is 0 Å². The van der Waals surface area contributed by atoms with Gasteiger partial charge >= 0.3 is 0 Å². The first-order valence-corrected chi connectivity index (χ1v) is 9.65. The summed E-state index contributed by atoms with van der Waals surface area (Å²) < 4.78 is 3.63. The number of hydrogen-bond donors (Lipinski definition) is 0. The lowest BCUT2D eigenvalue weighted by atomic mass is 9.84. The number of halogens is 6. The van der Waals surface area contributed by atoms with Crippen molar-refractivity contribution in [2.75, 3.05) is 13.2 Å². The average molecular weight is 454 g/mol. The molecule has 2 aliphatic carbocycles. The molecule has 0 radical (unpaired) electrons. The molecule has 0 unspecified atom stereocenters. The minimum absolute atomic E-state index is 0.0767. The van der Waals surface area contributed by atoms with Crippen molar-refractivity contribution < 1.29 is 14.3 Å². The van der Waals surface area contributed by atoms with E-state index in [1.807, 2.05) is 0 Å². The fraction of sp³-hybridized carbons (Fsp3) is 0.714. The summed E-state index contributed by atoms with van der Waals surface area (Å²) >= 11 is 38.5. The highest BCUT2D eigenvalue weighted by Crippen LogP contribution is 2.77. The largest absolute Gasteiger partial charge is 0.376 e. The van der Waals surface area contributed by atoms with E-state index in [2.05, 4.69) is 0 Å². The smallest absolute Gasteiger partial charge is 0.235 e. The van der Waals surface area contributed by atoms with Crippen LogP contribution in [0.25, 0.3) is 0 Å². The number of hydrogen-bond acceptors (Lipinski definition) is 3. The van der Waals surface area contributed by atoms with Gasteiger partial charge in [0.05, 0.1) is 34.5 Å². The Hall–Kier alpha value is 0.580. The molecule has 2 saturated heterocycles. The van der Waals surface area contributed by atoms with E-state index in [1.165, 1.54) is 0 Å². The molecular weight excluding hydrogens is 443 g/mol. The zero-order chi connectivity index (χ0) is 17.7. The van der Waals surface area contributed by atoms with Crippen molar-refractivity contribution in [1.82, 2.24) is 4.90 Å².